The van der Waals surface area contributed by atoms with Crippen LogP contribution in [0.3, 0.4) is 0 Å². The van der Waals surface area contributed by atoms with Crippen molar-refractivity contribution < 1.29 is 14.7 Å². The number of imidazole rings is 1. The summed E-state index contributed by atoms with van der Waals surface area (Å²) in [6.45, 7) is 3.44. The molecule has 7 rings (SSSR count). The summed E-state index contributed by atoms with van der Waals surface area (Å²) >= 11 is 0. The minimum atomic E-state index is -0.446. The first-order chi connectivity index (χ1) is 18.1. The molecule has 1 aromatic heterocycles. The van der Waals surface area contributed by atoms with Crippen LogP contribution in [0, 0.1) is 17.8 Å². The summed E-state index contributed by atoms with van der Waals surface area (Å²) in [4.78, 5) is 31.6. The molecule has 2 amide bonds. The van der Waals surface area contributed by atoms with Gasteiger partial charge in [-0.3, -0.25) is 9.36 Å². The highest BCUT2D eigenvalue weighted by molar-refractivity contribution is 5.94. The second kappa shape index (κ2) is 10.4. The lowest BCUT2D eigenvalue weighted by molar-refractivity contribution is -0.0620. The largest absolute Gasteiger partial charge is 0.394 e. The topological polar surface area (TPSA) is 101 Å². The van der Waals surface area contributed by atoms with Gasteiger partial charge in [0.15, 0.2) is 0 Å². The molecule has 4 bridgehead atoms. The van der Waals surface area contributed by atoms with Crippen molar-refractivity contribution in [1.82, 2.24) is 14.5 Å². The molecule has 3 N–H and O–H groups in total. The molecule has 3 aromatic rings. The number of nitrogens with two attached hydrogens (primary N) is 1. The number of carbonyl (C=O) groups excluding carboxylic acids is 2. The summed E-state index contributed by atoms with van der Waals surface area (Å²) in [7, 11) is 1.99. The van der Waals surface area contributed by atoms with E-state index in [-0.39, 0.29) is 17.7 Å². The molecule has 4 saturated carbocycles. The van der Waals surface area contributed by atoms with Crippen molar-refractivity contribution in [3.8, 4) is 22.4 Å². The van der Waals surface area contributed by atoms with E-state index in [0.717, 1.165) is 59.4 Å². The molecule has 0 spiro atoms. The molecule has 4 aliphatic carbocycles. The van der Waals surface area contributed by atoms with E-state index >= 15 is 0 Å². The van der Waals surface area contributed by atoms with Gasteiger partial charge in [-0.05, 0) is 99.5 Å². The Hall–Kier alpha value is -3.45. The number of nitrogens with zero attached hydrogens (tertiary/aromatic N) is 3. The number of primary amides is 1. The maximum absolute atomic E-state index is 13.5. The molecule has 38 heavy (non-hydrogen) atoms. The zero-order valence-electron chi connectivity index (χ0n) is 22.5. The number of hydrogen-bond donors (Lipinski definition) is 2. The Morgan fingerprint density at radius 1 is 0.974 bits per heavy atom. The number of carbonyl (C=O) groups is 2. The lowest BCUT2D eigenvalue weighted by Gasteiger charge is -2.59. The minimum absolute atomic E-state index is 0.00557. The van der Waals surface area contributed by atoms with Crippen molar-refractivity contribution in [2.24, 2.45) is 23.5 Å². The van der Waals surface area contributed by atoms with Crippen LogP contribution in [-0.2, 0) is 0 Å². The monoisotopic (exact) mass is 514 g/mol. The molecule has 4 fully saturated rings. The lowest BCUT2D eigenvalue weighted by Crippen LogP contribution is -2.60. The van der Waals surface area contributed by atoms with Gasteiger partial charge < -0.3 is 15.7 Å². The Morgan fingerprint density at radius 3 is 2.08 bits per heavy atom. The Bertz CT molecular complexity index is 1290. The van der Waals surface area contributed by atoms with Crippen LogP contribution >= 0.6 is 0 Å². The number of amides is 2. The predicted octanol–water partition coefficient (Wildman–Crippen LogP) is 5.57. The molecule has 0 atom stereocenters. The SMILES string of the molecule is CC(C)O.CN(C(=O)n1cnc(-c2cccc(-c3cccc(C(N)=O)c3)c2)c1)C12CC3CC(CC(C3)C1)C2. The summed E-state index contributed by atoms with van der Waals surface area (Å²) in [5.41, 5.74) is 9.49. The van der Waals surface area contributed by atoms with Crippen LogP contribution in [0.5, 0.6) is 0 Å². The minimum Gasteiger partial charge on any atom is -0.394 e. The average Bonchev–Trinajstić information content (AvgIpc) is 3.37. The van der Waals surface area contributed by atoms with Crippen molar-refractivity contribution in [1.29, 1.82) is 0 Å². The van der Waals surface area contributed by atoms with E-state index in [4.69, 9.17) is 10.8 Å². The van der Waals surface area contributed by atoms with Gasteiger partial charge in [0.05, 0.1) is 5.69 Å². The van der Waals surface area contributed by atoms with Crippen LogP contribution in [0.4, 0.5) is 4.79 Å². The van der Waals surface area contributed by atoms with Gasteiger partial charge in [-0.1, -0.05) is 30.3 Å². The van der Waals surface area contributed by atoms with Crippen LogP contribution < -0.4 is 5.73 Å². The zero-order valence-corrected chi connectivity index (χ0v) is 22.5. The van der Waals surface area contributed by atoms with Crippen LogP contribution in [-0.4, -0.2) is 50.2 Å². The maximum Gasteiger partial charge on any atom is 0.329 e. The summed E-state index contributed by atoms with van der Waals surface area (Å²) in [6, 6.07) is 15.3. The number of hydrogen-bond acceptors (Lipinski definition) is 4. The fraction of sp³-hybridized carbons (Fsp3) is 0.452. The normalized spacial score (nSPS) is 25.1. The first-order valence-electron chi connectivity index (χ1n) is 13.6. The fourth-order valence-corrected chi connectivity index (χ4v) is 7.14. The molecule has 0 radical (unpaired) electrons. The van der Waals surface area contributed by atoms with Gasteiger partial charge in [0, 0.05) is 36.0 Å². The standard InChI is InChI=1S/C28H30N4O2.C3H8O/c1-31(28-13-18-8-19(14-28)10-20(9-18)15-28)27(34)32-16-25(30-17-32)23-6-2-4-21(11-23)22-5-3-7-24(12-22)26(29)33;1-3(2)4/h2-7,11-12,16-20H,8-10,13-15H2,1H3,(H2,29,33);3-4H,1-2H3. The quantitative estimate of drug-likeness (QED) is 0.475. The van der Waals surface area contributed by atoms with E-state index in [0.29, 0.717) is 5.56 Å². The summed E-state index contributed by atoms with van der Waals surface area (Å²) < 4.78 is 1.63. The van der Waals surface area contributed by atoms with Crippen molar-refractivity contribution in [3.63, 3.8) is 0 Å². The number of rotatable bonds is 4. The van der Waals surface area contributed by atoms with Crippen LogP contribution in [0.25, 0.3) is 22.4 Å². The third kappa shape index (κ3) is 5.25. The van der Waals surface area contributed by atoms with Crippen molar-refractivity contribution >= 4 is 11.9 Å². The Labute approximate surface area is 224 Å². The van der Waals surface area contributed by atoms with Gasteiger partial charge in [-0.15, -0.1) is 0 Å². The third-order valence-corrected chi connectivity index (χ3v) is 8.45. The van der Waals surface area contributed by atoms with Gasteiger partial charge in [0.1, 0.15) is 6.33 Å². The summed E-state index contributed by atoms with van der Waals surface area (Å²) in [6.07, 6.45) is 10.8. The fourth-order valence-electron chi connectivity index (χ4n) is 7.14. The van der Waals surface area contributed by atoms with Crippen molar-refractivity contribution in [2.75, 3.05) is 7.05 Å². The zero-order chi connectivity index (χ0) is 27.0. The highest BCUT2D eigenvalue weighted by atomic mass is 16.3. The molecule has 0 unspecified atom stereocenters. The van der Waals surface area contributed by atoms with E-state index in [1.54, 1.807) is 36.9 Å². The van der Waals surface area contributed by atoms with Gasteiger partial charge >= 0.3 is 6.03 Å². The van der Waals surface area contributed by atoms with Gasteiger partial charge in [-0.25, -0.2) is 9.78 Å². The smallest absolute Gasteiger partial charge is 0.329 e. The second-order valence-corrected chi connectivity index (χ2v) is 11.8. The molecule has 200 valence electrons. The van der Waals surface area contributed by atoms with Crippen LogP contribution in [0.15, 0.2) is 61.1 Å². The molecule has 1 heterocycles. The number of benzene rings is 2. The Kier molecular flexibility index (Phi) is 7.14. The van der Waals surface area contributed by atoms with Gasteiger partial charge in [0.25, 0.3) is 0 Å². The molecule has 7 nitrogen and oxygen atoms in total. The van der Waals surface area contributed by atoms with Crippen LogP contribution in [0.2, 0.25) is 0 Å². The second-order valence-electron chi connectivity index (χ2n) is 11.8. The highest BCUT2D eigenvalue weighted by Gasteiger charge is 2.54. The Balaban J connectivity index is 0.000000689. The van der Waals surface area contributed by atoms with E-state index in [1.807, 2.05) is 54.5 Å². The summed E-state index contributed by atoms with van der Waals surface area (Å²) in [5, 5.41) is 8.06. The van der Waals surface area contributed by atoms with E-state index in [2.05, 4.69) is 4.98 Å². The average molecular weight is 515 g/mol. The molecule has 7 heteroatoms. The van der Waals surface area contributed by atoms with Gasteiger partial charge in [0.2, 0.25) is 5.91 Å². The number of aliphatic hydroxyl groups excluding tert-OH is 1. The van der Waals surface area contributed by atoms with E-state index in [9.17, 15) is 9.59 Å². The lowest BCUT2D eigenvalue weighted by atomic mass is 9.52. The first kappa shape index (κ1) is 26.2. The van der Waals surface area contributed by atoms with Gasteiger partial charge in [-0.2, -0.15) is 0 Å². The van der Waals surface area contributed by atoms with E-state index in [1.165, 1.54) is 19.3 Å². The maximum atomic E-state index is 13.5. The van der Waals surface area contributed by atoms with Crippen molar-refractivity contribution in [2.45, 2.75) is 64.0 Å². The van der Waals surface area contributed by atoms with E-state index < -0.39 is 5.91 Å². The molecule has 2 aromatic carbocycles. The Morgan fingerprint density at radius 2 is 1.50 bits per heavy atom. The van der Waals surface area contributed by atoms with Crippen molar-refractivity contribution in [3.05, 3.63) is 66.6 Å². The first-order valence-corrected chi connectivity index (χ1v) is 13.6. The highest BCUT2D eigenvalue weighted by Crippen LogP contribution is 2.57. The molecular formula is C31H38N4O3. The molecular weight excluding hydrogens is 476 g/mol. The molecule has 0 aliphatic heterocycles. The molecule has 4 aliphatic rings. The van der Waals surface area contributed by atoms with Crippen LogP contribution in [0.1, 0.15) is 62.7 Å². The summed E-state index contributed by atoms with van der Waals surface area (Å²) in [5.74, 6) is 1.92. The number of aromatic nitrogens is 2. The predicted molar refractivity (Wildman–Crippen MR) is 148 cm³/mol. The number of aliphatic hydroxyl groups is 1. The third-order valence-electron chi connectivity index (χ3n) is 8.45. The molecule has 0 saturated heterocycles.